The summed E-state index contributed by atoms with van der Waals surface area (Å²) in [5.74, 6) is -2.94. The number of halogens is 3. The number of ether oxygens (including phenoxy) is 1. The molecule has 4 nitrogen and oxygen atoms in total. The number of hydrogen-bond donors (Lipinski definition) is 1. The molecular weight excluding hydrogens is 241 g/mol. The van der Waals surface area contributed by atoms with Crippen LogP contribution in [0.15, 0.2) is 18.2 Å². The zero-order valence-corrected chi connectivity index (χ0v) is 8.54. The molecular formula is C10H7F3O4. The summed E-state index contributed by atoms with van der Waals surface area (Å²) in [7, 11) is 0. The fraction of sp³-hybridized carbons (Fsp3) is 0.200. The first-order chi connectivity index (χ1) is 7.70. The van der Waals surface area contributed by atoms with Gasteiger partial charge in [0, 0.05) is 6.92 Å². The van der Waals surface area contributed by atoms with Gasteiger partial charge in [-0.1, -0.05) is 0 Å². The monoisotopic (exact) mass is 248 g/mol. The maximum absolute atomic E-state index is 12.3. The Kier molecular flexibility index (Phi) is 3.40. The summed E-state index contributed by atoms with van der Waals surface area (Å²) >= 11 is 0. The molecule has 0 bridgehead atoms. The first kappa shape index (κ1) is 13.0. The van der Waals surface area contributed by atoms with E-state index in [1.807, 2.05) is 0 Å². The largest absolute Gasteiger partial charge is 0.508 e. The van der Waals surface area contributed by atoms with Crippen LogP contribution in [0.25, 0.3) is 0 Å². The van der Waals surface area contributed by atoms with E-state index in [0.717, 1.165) is 13.0 Å². The van der Waals surface area contributed by atoms with Gasteiger partial charge in [-0.2, -0.15) is 13.2 Å². The van der Waals surface area contributed by atoms with E-state index >= 15 is 0 Å². The molecule has 0 aliphatic heterocycles. The number of alkyl halides is 3. The van der Waals surface area contributed by atoms with E-state index < -0.39 is 35.0 Å². The number of hydrogen-bond acceptors (Lipinski definition) is 4. The number of carbonyl (C=O) groups excluding carboxylic acids is 2. The number of benzene rings is 1. The minimum absolute atomic E-state index is 0.463. The van der Waals surface area contributed by atoms with Gasteiger partial charge in [-0.05, 0) is 18.2 Å². The average Bonchev–Trinajstić information content (AvgIpc) is 2.14. The first-order valence-electron chi connectivity index (χ1n) is 4.34. The molecule has 0 aromatic heterocycles. The first-order valence-corrected chi connectivity index (χ1v) is 4.34. The van der Waals surface area contributed by atoms with Crippen LogP contribution in [0, 0.1) is 0 Å². The lowest BCUT2D eigenvalue weighted by molar-refractivity contribution is -0.137. The number of phenols is 1. The Morgan fingerprint density at radius 1 is 1.24 bits per heavy atom. The highest BCUT2D eigenvalue weighted by molar-refractivity contribution is 5.96. The van der Waals surface area contributed by atoms with E-state index in [0.29, 0.717) is 12.1 Å². The smallest absolute Gasteiger partial charge is 0.416 e. The molecule has 1 N–H and O–H groups in total. The number of rotatable bonds is 1. The van der Waals surface area contributed by atoms with Crippen LogP contribution in [0.1, 0.15) is 22.8 Å². The third-order valence-electron chi connectivity index (χ3n) is 1.72. The van der Waals surface area contributed by atoms with Crippen molar-refractivity contribution >= 4 is 11.9 Å². The minimum atomic E-state index is -4.70. The molecule has 0 unspecified atom stereocenters. The van der Waals surface area contributed by atoms with E-state index in [-0.39, 0.29) is 0 Å². The molecule has 1 aromatic carbocycles. The van der Waals surface area contributed by atoms with Gasteiger partial charge in [0.05, 0.1) is 11.1 Å². The van der Waals surface area contributed by atoms with Gasteiger partial charge >= 0.3 is 18.1 Å². The summed E-state index contributed by atoms with van der Waals surface area (Å²) < 4.78 is 41.1. The Hall–Kier alpha value is -2.05. The Bertz CT molecular complexity index is 465. The van der Waals surface area contributed by atoms with Crippen LogP contribution < -0.4 is 0 Å². The fourth-order valence-electron chi connectivity index (χ4n) is 1.08. The molecule has 0 aliphatic carbocycles. The maximum atomic E-state index is 12.3. The number of carbonyl (C=O) groups is 2. The van der Waals surface area contributed by atoms with Crippen molar-refractivity contribution in [2.75, 3.05) is 0 Å². The van der Waals surface area contributed by atoms with Crippen molar-refractivity contribution in [2.24, 2.45) is 0 Å². The molecule has 92 valence electrons. The zero-order valence-electron chi connectivity index (χ0n) is 8.54. The van der Waals surface area contributed by atoms with Gasteiger partial charge in [0.2, 0.25) is 0 Å². The van der Waals surface area contributed by atoms with Crippen LogP contribution in [-0.4, -0.2) is 17.0 Å². The molecule has 0 fully saturated rings. The van der Waals surface area contributed by atoms with E-state index in [1.54, 1.807) is 0 Å². The van der Waals surface area contributed by atoms with Gasteiger partial charge in [0.25, 0.3) is 0 Å². The topological polar surface area (TPSA) is 63.6 Å². The maximum Gasteiger partial charge on any atom is 0.416 e. The molecule has 1 rings (SSSR count). The molecule has 0 aliphatic rings. The van der Waals surface area contributed by atoms with Crippen molar-refractivity contribution < 1.29 is 32.6 Å². The van der Waals surface area contributed by atoms with Gasteiger partial charge < -0.3 is 9.84 Å². The lowest BCUT2D eigenvalue weighted by Crippen LogP contribution is -2.12. The predicted octanol–water partition coefficient (Wildman–Crippen LogP) is 2.11. The summed E-state index contributed by atoms with van der Waals surface area (Å²) in [6, 6.07) is 1.73. The highest BCUT2D eigenvalue weighted by Crippen LogP contribution is 2.32. The van der Waals surface area contributed by atoms with Gasteiger partial charge in [-0.15, -0.1) is 0 Å². The van der Waals surface area contributed by atoms with Gasteiger partial charge in [-0.3, -0.25) is 4.79 Å². The summed E-state index contributed by atoms with van der Waals surface area (Å²) in [6.07, 6.45) is -4.70. The molecule has 0 spiro atoms. The Morgan fingerprint density at radius 2 is 1.82 bits per heavy atom. The van der Waals surface area contributed by atoms with Crippen LogP contribution >= 0.6 is 0 Å². The molecule has 0 saturated carbocycles. The standard InChI is InChI=1S/C10H7F3O4/c1-5(14)17-9(16)6-2-7(10(11,12)13)4-8(15)3-6/h2-4,15H,1H3. The quantitative estimate of drug-likeness (QED) is 0.610. The van der Waals surface area contributed by atoms with Crippen LogP contribution in [0.3, 0.4) is 0 Å². The van der Waals surface area contributed by atoms with Crippen LogP contribution in [0.5, 0.6) is 5.75 Å². The highest BCUT2D eigenvalue weighted by Gasteiger charge is 2.32. The summed E-state index contributed by atoms with van der Waals surface area (Å²) in [5.41, 5.74) is -1.75. The van der Waals surface area contributed by atoms with Gasteiger partial charge in [0.1, 0.15) is 5.75 Å². The van der Waals surface area contributed by atoms with Gasteiger partial charge in [0.15, 0.2) is 0 Å². The van der Waals surface area contributed by atoms with Crippen LogP contribution in [0.2, 0.25) is 0 Å². The van der Waals surface area contributed by atoms with Crippen molar-refractivity contribution in [3.63, 3.8) is 0 Å². The molecule has 1 aromatic rings. The van der Waals surface area contributed by atoms with Crippen molar-refractivity contribution in [3.8, 4) is 5.75 Å². The number of esters is 2. The second-order valence-corrected chi connectivity index (χ2v) is 3.15. The second-order valence-electron chi connectivity index (χ2n) is 3.15. The van der Waals surface area contributed by atoms with E-state index in [4.69, 9.17) is 5.11 Å². The summed E-state index contributed by atoms with van der Waals surface area (Å²) in [6.45, 7) is 0.936. The highest BCUT2D eigenvalue weighted by atomic mass is 19.4. The SMILES string of the molecule is CC(=O)OC(=O)c1cc(O)cc(C(F)(F)F)c1. The van der Waals surface area contributed by atoms with E-state index in [9.17, 15) is 22.8 Å². The fourth-order valence-corrected chi connectivity index (χ4v) is 1.08. The Balaban J connectivity index is 3.14. The normalized spacial score (nSPS) is 11.1. The lowest BCUT2D eigenvalue weighted by atomic mass is 10.1. The van der Waals surface area contributed by atoms with Crippen molar-refractivity contribution in [1.82, 2.24) is 0 Å². The average molecular weight is 248 g/mol. The minimum Gasteiger partial charge on any atom is -0.508 e. The third-order valence-corrected chi connectivity index (χ3v) is 1.72. The second kappa shape index (κ2) is 4.44. The van der Waals surface area contributed by atoms with Crippen molar-refractivity contribution in [2.45, 2.75) is 13.1 Å². The Morgan fingerprint density at radius 3 is 2.29 bits per heavy atom. The number of phenolic OH excluding ortho intramolecular Hbond substituents is 1. The molecule has 0 saturated heterocycles. The summed E-state index contributed by atoms with van der Waals surface area (Å²) in [4.78, 5) is 21.6. The molecule has 7 heteroatoms. The van der Waals surface area contributed by atoms with Crippen LogP contribution in [-0.2, 0) is 15.7 Å². The molecule has 0 amide bonds. The molecule has 17 heavy (non-hydrogen) atoms. The van der Waals surface area contributed by atoms with E-state index in [1.165, 1.54) is 0 Å². The van der Waals surface area contributed by atoms with E-state index in [2.05, 4.69) is 4.74 Å². The van der Waals surface area contributed by atoms with Crippen molar-refractivity contribution in [3.05, 3.63) is 29.3 Å². The third kappa shape index (κ3) is 3.47. The molecule has 0 heterocycles. The number of aromatic hydroxyl groups is 1. The summed E-state index contributed by atoms with van der Waals surface area (Å²) in [5, 5.41) is 9.05. The van der Waals surface area contributed by atoms with Crippen LogP contribution in [0.4, 0.5) is 13.2 Å². The van der Waals surface area contributed by atoms with Crippen molar-refractivity contribution in [1.29, 1.82) is 0 Å². The Labute approximate surface area is 93.6 Å². The lowest BCUT2D eigenvalue weighted by Gasteiger charge is -2.08. The predicted molar refractivity (Wildman–Crippen MR) is 49.2 cm³/mol. The molecule has 0 radical (unpaired) electrons. The zero-order chi connectivity index (χ0) is 13.2. The van der Waals surface area contributed by atoms with Gasteiger partial charge in [-0.25, -0.2) is 4.79 Å². The molecule has 0 atom stereocenters.